The number of hydrogen-bond donors (Lipinski definition) is 2. The van der Waals surface area contributed by atoms with Gasteiger partial charge in [0.2, 0.25) is 0 Å². The third-order valence-electron chi connectivity index (χ3n) is 5.24. The Morgan fingerprint density at radius 3 is 2.78 bits per heavy atom. The number of ether oxygens (including phenoxy) is 1. The third kappa shape index (κ3) is 6.03. The van der Waals surface area contributed by atoms with E-state index < -0.39 is 17.8 Å². The van der Waals surface area contributed by atoms with Crippen LogP contribution in [0.1, 0.15) is 46.3 Å². The Hall–Kier alpha value is -3.49. The van der Waals surface area contributed by atoms with Crippen LogP contribution in [0, 0.1) is 18.7 Å². The molecule has 1 aromatic carbocycles. The molecule has 0 saturated carbocycles. The highest BCUT2D eigenvalue weighted by atomic mass is 19.1. The number of rotatable bonds is 6. The lowest BCUT2D eigenvalue weighted by molar-refractivity contribution is 0.0523. The second-order valence-corrected chi connectivity index (χ2v) is 7.65. The Morgan fingerprint density at radius 2 is 2.06 bits per heavy atom. The molecule has 2 heterocycles. The molecule has 0 spiro atoms. The number of aromatic nitrogens is 1. The summed E-state index contributed by atoms with van der Waals surface area (Å²) < 4.78 is 18.2. The largest absolute Gasteiger partial charge is 0.462 e. The SMILES string of the molecule is CCOC(=O)c1ccc(C(=O)N2CCCC(CNC(=O)Nc3cccc(F)c3)C2)nc1C. The molecular weight excluding hydrogens is 415 g/mol. The monoisotopic (exact) mass is 442 g/mol. The highest BCUT2D eigenvalue weighted by Crippen LogP contribution is 2.19. The fourth-order valence-corrected chi connectivity index (χ4v) is 3.66. The van der Waals surface area contributed by atoms with Crippen molar-refractivity contribution in [1.82, 2.24) is 15.2 Å². The number of aryl methyl sites for hydroxylation is 1. The minimum atomic E-state index is -0.461. The van der Waals surface area contributed by atoms with Gasteiger partial charge in [-0.05, 0) is 62.9 Å². The van der Waals surface area contributed by atoms with Gasteiger partial charge in [0.05, 0.1) is 17.9 Å². The summed E-state index contributed by atoms with van der Waals surface area (Å²) in [5.74, 6) is -1.01. The van der Waals surface area contributed by atoms with Gasteiger partial charge in [-0.2, -0.15) is 0 Å². The lowest BCUT2D eigenvalue weighted by Crippen LogP contribution is -2.44. The lowest BCUT2D eigenvalue weighted by atomic mass is 9.97. The number of benzene rings is 1. The molecule has 1 saturated heterocycles. The Labute approximate surface area is 186 Å². The summed E-state index contributed by atoms with van der Waals surface area (Å²) >= 11 is 0. The summed E-state index contributed by atoms with van der Waals surface area (Å²) in [7, 11) is 0. The first-order chi connectivity index (χ1) is 15.4. The smallest absolute Gasteiger partial charge is 0.339 e. The van der Waals surface area contributed by atoms with Crippen molar-refractivity contribution < 1.29 is 23.5 Å². The first-order valence-electron chi connectivity index (χ1n) is 10.6. The minimum Gasteiger partial charge on any atom is -0.462 e. The number of nitrogens with zero attached hydrogens (tertiary/aromatic N) is 2. The van der Waals surface area contributed by atoms with Gasteiger partial charge in [0.1, 0.15) is 11.5 Å². The molecule has 1 aromatic heterocycles. The first-order valence-corrected chi connectivity index (χ1v) is 10.6. The van der Waals surface area contributed by atoms with E-state index >= 15 is 0 Å². The van der Waals surface area contributed by atoms with E-state index in [0.717, 1.165) is 12.8 Å². The van der Waals surface area contributed by atoms with Gasteiger partial charge in [0.25, 0.3) is 5.91 Å². The predicted octanol–water partition coefficient (Wildman–Crippen LogP) is 3.38. The minimum absolute atomic E-state index is 0.0888. The molecule has 1 aliphatic rings. The van der Waals surface area contributed by atoms with Gasteiger partial charge < -0.3 is 20.3 Å². The van der Waals surface area contributed by atoms with E-state index in [4.69, 9.17) is 4.74 Å². The van der Waals surface area contributed by atoms with Crippen molar-refractivity contribution in [2.45, 2.75) is 26.7 Å². The van der Waals surface area contributed by atoms with Crippen LogP contribution >= 0.6 is 0 Å². The van der Waals surface area contributed by atoms with Crippen molar-refractivity contribution >= 4 is 23.6 Å². The Bertz CT molecular complexity index is 998. The zero-order chi connectivity index (χ0) is 23.1. The summed E-state index contributed by atoms with van der Waals surface area (Å²) in [5.41, 5.74) is 1.43. The summed E-state index contributed by atoms with van der Waals surface area (Å²) in [6, 6.07) is 8.34. The molecule has 3 rings (SSSR count). The number of anilines is 1. The van der Waals surface area contributed by atoms with Crippen LogP contribution in [0.3, 0.4) is 0 Å². The number of carbonyl (C=O) groups is 3. The van der Waals surface area contributed by atoms with Crippen LogP contribution in [0.2, 0.25) is 0 Å². The van der Waals surface area contributed by atoms with Gasteiger partial charge in [0, 0.05) is 25.3 Å². The van der Waals surface area contributed by atoms with Crippen molar-refractivity contribution in [3.05, 3.63) is 59.2 Å². The Balaban J connectivity index is 1.55. The number of nitrogens with one attached hydrogen (secondary N) is 2. The van der Waals surface area contributed by atoms with Crippen LogP contribution in [-0.2, 0) is 4.74 Å². The molecule has 1 aliphatic heterocycles. The molecule has 0 bridgehead atoms. The van der Waals surface area contributed by atoms with E-state index in [1.807, 2.05) is 0 Å². The van der Waals surface area contributed by atoms with Crippen molar-refractivity contribution in [3.63, 3.8) is 0 Å². The van der Waals surface area contributed by atoms with E-state index in [2.05, 4.69) is 15.6 Å². The molecule has 1 fully saturated rings. The lowest BCUT2D eigenvalue weighted by Gasteiger charge is -2.32. The molecule has 170 valence electrons. The Kier molecular flexibility index (Phi) is 7.75. The molecule has 3 amide bonds. The molecule has 0 radical (unpaired) electrons. The normalized spacial score (nSPS) is 15.7. The van der Waals surface area contributed by atoms with Gasteiger partial charge in [0.15, 0.2) is 0 Å². The number of urea groups is 1. The average molecular weight is 442 g/mol. The van der Waals surface area contributed by atoms with Crippen molar-refractivity contribution in [3.8, 4) is 0 Å². The van der Waals surface area contributed by atoms with Crippen molar-refractivity contribution in [1.29, 1.82) is 0 Å². The molecule has 8 nitrogen and oxygen atoms in total. The highest BCUT2D eigenvalue weighted by Gasteiger charge is 2.26. The topological polar surface area (TPSA) is 101 Å². The third-order valence-corrected chi connectivity index (χ3v) is 5.24. The summed E-state index contributed by atoms with van der Waals surface area (Å²) in [5, 5.41) is 5.38. The van der Waals surface area contributed by atoms with Crippen LogP contribution in [-0.4, -0.2) is 54.0 Å². The summed E-state index contributed by atoms with van der Waals surface area (Å²) in [4.78, 5) is 43.0. The maximum absolute atomic E-state index is 13.2. The molecule has 2 aromatic rings. The van der Waals surface area contributed by atoms with E-state index in [9.17, 15) is 18.8 Å². The van der Waals surface area contributed by atoms with Crippen molar-refractivity contribution in [2.24, 2.45) is 5.92 Å². The molecular formula is C23H27FN4O4. The van der Waals surface area contributed by atoms with Crippen LogP contribution in [0.15, 0.2) is 36.4 Å². The van der Waals surface area contributed by atoms with E-state index in [1.165, 1.54) is 24.3 Å². The van der Waals surface area contributed by atoms with Crippen LogP contribution < -0.4 is 10.6 Å². The molecule has 0 aliphatic carbocycles. The van der Waals surface area contributed by atoms with E-state index in [-0.39, 0.29) is 24.1 Å². The van der Waals surface area contributed by atoms with Crippen molar-refractivity contribution in [2.75, 3.05) is 31.6 Å². The number of esters is 1. The molecule has 1 atom stereocenters. The summed E-state index contributed by atoms with van der Waals surface area (Å²) in [6.07, 6.45) is 1.68. The number of pyridine rings is 1. The maximum Gasteiger partial charge on any atom is 0.339 e. The summed E-state index contributed by atoms with van der Waals surface area (Å²) in [6.45, 7) is 5.14. The van der Waals surface area contributed by atoms with E-state index in [0.29, 0.717) is 36.6 Å². The Morgan fingerprint density at radius 1 is 1.25 bits per heavy atom. The van der Waals surface area contributed by atoms with Gasteiger partial charge in [-0.1, -0.05) is 6.07 Å². The van der Waals surface area contributed by atoms with Gasteiger partial charge in [-0.15, -0.1) is 0 Å². The number of piperidine rings is 1. The fraction of sp³-hybridized carbons (Fsp3) is 0.391. The number of halogens is 1. The van der Waals surface area contributed by atoms with Gasteiger partial charge >= 0.3 is 12.0 Å². The molecule has 32 heavy (non-hydrogen) atoms. The number of carbonyl (C=O) groups excluding carboxylic acids is 3. The van der Waals surface area contributed by atoms with E-state index in [1.54, 1.807) is 30.9 Å². The van der Waals surface area contributed by atoms with Gasteiger partial charge in [-0.25, -0.2) is 19.0 Å². The standard InChI is InChI=1S/C23H27FN4O4/c1-3-32-22(30)19-9-10-20(26-15(19)2)21(29)28-11-5-6-16(14-28)13-25-23(31)27-18-8-4-7-17(24)12-18/h4,7-10,12,16H,3,5-6,11,13-14H2,1-2H3,(H2,25,27,31). The zero-order valence-corrected chi connectivity index (χ0v) is 18.2. The maximum atomic E-state index is 13.2. The second-order valence-electron chi connectivity index (χ2n) is 7.65. The van der Waals surface area contributed by atoms with Crippen LogP contribution in [0.25, 0.3) is 0 Å². The quantitative estimate of drug-likeness (QED) is 0.668. The number of amides is 3. The predicted molar refractivity (Wildman–Crippen MR) is 117 cm³/mol. The molecule has 2 N–H and O–H groups in total. The molecule has 9 heteroatoms. The average Bonchev–Trinajstić information content (AvgIpc) is 2.77. The number of likely N-dealkylation sites (tertiary alicyclic amines) is 1. The molecule has 1 unspecified atom stereocenters. The second kappa shape index (κ2) is 10.7. The first kappa shape index (κ1) is 23.2. The number of hydrogen-bond acceptors (Lipinski definition) is 5. The van der Waals surface area contributed by atoms with Gasteiger partial charge in [-0.3, -0.25) is 4.79 Å². The fourth-order valence-electron chi connectivity index (χ4n) is 3.66. The van der Waals surface area contributed by atoms with Crippen LogP contribution in [0.5, 0.6) is 0 Å². The zero-order valence-electron chi connectivity index (χ0n) is 18.2. The highest BCUT2D eigenvalue weighted by molar-refractivity contribution is 5.95. The van der Waals surface area contributed by atoms with Crippen LogP contribution in [0.4, 0.5) is 14.9 Å².